The summed E-state index contributed by atoms with van der Waals surface area (Å²) in [5, 5.41) is 5.72. The van der Waals surface area contributed by atoms with Crippen LogP contribution in [0.4, 0.5) is 4.79 Å². The molecule has 0 unspecified atom stereocenters. The van der Waals surface area contributed by atoms with Gasteiger partial charge in [-0.05, 0) is 39.0 Å². The third-order valence-corrected chi connectivity index (χ3v) is 5.16. The summed E-state index contributed by atoms with van der Waals surface area (Å²) in [4.78, 5) is 38.1. The molecule has 0 radical (unpaired) electrons. The average molecular weight is 309 g/mol. The molecule has 0 bridgehead atoms. The smallest absolute Gasteiger partial charge is 0.325 e. The topological polar surface area (TPSA) is 78.5 Å². The molecule has 2 aliphatic rings. The van der Waals surface area contributed by atoms with E-state index in [2.05, 4.69) is 10.6 Å². The normalized spacial score (nSPS) is 28.9. The number of hydrogen-bond acceptors (Lipinski definition) is 3. The van der Waals surface area contributed by atoms with E-state index in [0.29, 0.717) is 6.42 Å². The fourth-order valence-corrected chi connectivity index (χ4v) is 3.29. The van der Waals surface area contributed by atoms with Gasteiger partial charge in [-0.1, -0.05) is 26.7 Å². The highest BCUT2D eigenvalue weighted by molar-refractivity contribution is 6.09. The van der Waals surface area contributed by atoms with Crippen molar-refractivity contribution >= 4 is 17.8 Å². The maximum absolute atomic E-state index is 12.7. The number of nitrogens with one attached hydrogen (secondary N) is 2. The highest BCUT2D eigenvalue weighted by atomic mass is 16.2. The summed E-state index contributed by atoms with van der Waals surface area (Å²) in [5.74, 6) is -0.428. The molecule has 4 amide bonds. The predicted molar refractivity (Wildman–Crippen MR) is 83.1 cm³/mol. The van der Waals surface area contributed by atoms with Crippen LogP contribution in [0.1, 0.15) is 59.8 Å². The van der Waals surface area contributed by atoms with Crippen LogP contribution in [0.3, 0.4) is 0 Å². The Morgan fingerprint density at radius 3 is 2.68 bits per heavy atom. The Hall–Kier alpha value is -1.59. The summed E-state index contributed by atoms with van der Waals surface area (Å²) >= 11 is 0. The second-order valence-electron chi connectivity index (χ2n) is 7.23. The van der Waals surface area contributed by atoms with Gasteiger partial charge < -0.3 is 10.6 Å². The Balaban J connectivity index is 2.08. The van der Waals surface area contributed by atoms with Gasteiger partial charge in [0.1, 0.15) is 12.1 Å². The molecule has 1 saturated carbocycles. The van der Waals surface area contributed by atoms with E-state index >= 15 is 0 Å². The number of urea groups is 1. The van der Waals surface area contributed by atoms with Crippen molar-refractivity contribution in [2.24, 2.45) is 5.92 Å². The van der Waals surface area contributed by atoms with E-state index in [-0.39, 0.29) is 29.8 Å². The van der Waals surface area contributed by atoms with Crippen molar-refractivity contribution in [3.63, 3.8) is 0 Å². The van der Waals surface area contributed by atoms with Crippen molar-refractivity contribution in [1.82, 2.24) is 15.5 Å². The number of nitrogens with zero attached hydrogens (tertiary/aromatic N) is 1. The zero-order chi connectivity index (χ0) is 16.5. The first-order valence-electron chi connectivity index (χ1n) is 8.17. The molecule has 6 heteroatoms. The lowest BCUT2D eigenvalue weighted by Gasteiger charge is -2.36. The zero-order valence-electron chi connectivity index (χ0n) is 14.0. The molecule has 1 spiro atoms. The van der Waals surface area contributed by atoms with Crippen molar-refractivity contribution in [1.29, 1.82) is 0 Å². The Bertz CT molecular complexity index is 489. The van der Waals surface area contributed by atoms with E-state index in [1.807, 2.05) is 27.7 Å². The standard InChI is InChI=1S/C16H27N3O3/c1-5-15(3,4)17-12(20)10-19-13(21)16(18-14(19)22)9-7-6-8-11(16)2/h11H,5-10H2,1-4H3,(H,17,20)(H,18,22)/t11-,16-/m1/s1. The molecular formula is C16H27N3O3. The molecule has 22 heavy (non-hydrogen) atoms. The van der Waals surface area contributed by atoms with E-state index in [4.69, 9.17) is 0 Å². The maximum atomic E-state index is 12.7. The van der Waals surface area contributed by atoms with Crippen molar-refractivity contribution in [3.05, 3.63) is 0 Å². The molecule has 1 aliphatic carbocycles. The largest absolute Gasteiger partial charge is 0.350 e. The Morgan fingerprint density at radius 2 is 2.09 bits per heavy atom. The monoisotopic (exact) mass is 309 g/mol. The van der Waals surface area contributed by atoms with Crippen LogP contribution in [-0.2, 0) is 9.59 Å². The molecule has 2 rings (SSSR count). The van der Waals surface area contributed by atoms with Gasteiger partial charge in [-0.2, -0.15) is 0 Å². The zero-order valence-corrected chi connectivity index (χ0v) is 14.0. The Labute approximate surface area is 132 Å². The lowest BCUT2D eigenvalue weighted by molar-refractivity contribution is -0.137. The Kier molecular flexibility index (Phi) is 4.49. The van der Waals surface area contributed by atoms with Gasteiger partial charge in [0.15, 0.2) is 0 Å². The molecule has 1 aliphatic heterocycles. The average Bonchev–Trinajstić information content (AvgIpc) is 2.67. The quantitative estimate of drug-likeness (QED) is 0.777. The van der Waals surface area contributed by atoms with Gasteiger partial charge in [0.05, 0.1) is 0 Å². The molecule has 6 nitrogen and oxygen atoms in total. The lowest BCUT2D eigenvalue weighted by atomic mass is 9.73. The minimum absolute atomic E-state index is 0.109. The lowest BCUT2D eigenvalue weighted by Crippen LogP contribution is -2.54. The van der Waals surface area contributed by atoms with Crippen molar-refractivity contribution in [2.45, 2.75) is 70.9 Å². The van der Waals surface area contributed by atoms with E-state index in [0.717, 1.165) is 30.6 Å². The molecule has 1 heterocycles. The van der Waals surface area contributed by atoms with Crippen molar-refractivity contribution < 1.29 is 14.4 Å². The first-order chi connectivity index (χ1) is 10.2. The number of carbonyl (C=O) groups is 3. The van der Waals surface area contributed by atoms with Crippen LogP contribution in [-0.4, -0.2) is 40.4 Å². The molecule has 0 aromatic carbocycles. The number of rotatable bonds is 4. The van der Waals surface area contributed by atoms with Gasteiger partial charge in [-0.3, -0.25) is 14.5 Å². The van der Waals surface area contributed by atoms with Gasteiger partial charge >= 0.3 is 6.03 Å². The first-order valence-corrected chi connectivity index (χ1v) is 8.17. The number of imide groups is 1. The molecule has 2 N–H and O–H groups in total. The van der Waals surface area contributed by atoms with E-state index in [1.54, 1.807) is 0 Å². The minimum atomic E-state index is -0.796. The SMILES string of the molecule is CCC(C)(C)NC(=O)CN1C(=O)N[C@@]2(CCCC[C@H]2C)C1=O. The fourth-order valence-electron chi connectivity index (χ4n) is 3.29. The summed E-state index contributed by atoms with van der Waals surface area (Å²) in [6.07, 6.45) is 4.38. The van der Waals surface area contributed by atoms with E-state index in [1.165, 1.54) is 0 Å². The van der Waals surface area contributed by atoms with Crippen molar-refractivity contribution in [3.8, 4) is 0 Å². The molecular weight excluding hydrogens is 282 g/mol. The fraction of sp³-hybridized carbons (Fsp3) is 0.812. The molecule has 124 valence electrons. The van der Waals surface area contributed by atoms with Crippen LogP contribution in [0, 0.1) is 5.92 Å². The molecule has 2 fully saturated rings. The highest BCUT2D eigenvalue weighted by Crippen LogP contribution is 2.38. The summed E-state index contributed by atoms with van der Waals surface area (Å²) < 4.78 is 0. The maximum Gasteiger partial charge on any atom is 0.325 e. The van der Waals surface area contributed by atoms with Gasteiger partial charge in [-0.25, -0.2) is 4.79 Å². The second kappa shape index (κ2) is 5.89. The van der Waals surface area contributed by atoms with Crippen LogP contribution in [0.25, 0.3) is 0 Å². The second-order valence-corrected chi connectivity index (χ2v) is 7.23. The summed E-state index contributed by atoms with van der Waals surface area (Å²) in [6.45, 7) is 7.61. The van der Waals surface area contributed by atoms with Gasteiger partial charge in [-0.15, -0.1) is 0 Å². The molecule has 1 saturated heterocycles. The van der Waals surface area contributed by atoms with Gasteiger partial charge in [0.2, 0.25) is 5.91 Å². The first kappa shape index (κ1) is 16.8. The molecule has 0 aromatic heterocycles. The van der Waals surface area contributed by atoms with Gasteiger partial charge in [0.25, 0.3) is 5.91 Å². The third-order valence-electron chi connectivity index (χ3n) is 5.16. The van der Waals surface area contributed by atoms with Crippen LogP contribution < -0.4 is 10.6 Å². The highest BCUT2D eigenvalue weighted by Gasteiger charge is 2.55. The summed E-state index contributed by atoms with van der Waals surface area (Å²) in [5.41, 5.74) is -1.14. The number of hydrogen-bond donors (Lipinski definition) is 2. The minimum Gasteiger partial charge on any atom is -0.350 e. The summed E-state index contributed by atoms with van der Waals surface area (Å²) in [6, 6.07) is -0.441. The third kappa shape index (κ3) is 2.96. The number of carbonyl (C=O) groups excluding carboxylic acids is 3. The molecule has 0 aromatic rings. The van der Waals surface area contributed by atoms with Crippen LogP contribution in [0.5, 0.6) is 0 Å². The molecule has 2 atom stereocenters. The van der Waals surface area contributed by atoms with Crippen LogP contribution in [0.15, 0.2) is 0 Å². The van der Waals surface area contributed by atoms with Crippen molar-refractivity contribution in [2.75, 3.05) is 6.54 Å². The Morgan fingerprint density at radius 1 is 1.41 bits per heavy atom. The van der Waals surface area contributed by atoms with Gasteiger partial charge in [0, 0.05) is 5.54 Å². The summed E-state index contributed by atoms with van der Waals surface area (Å²) in [7, 11) is 0. The van der Waals surface area contributed by atoms with E-state index in [9.17, 15) is 14.4 Å². The van der Waals surface area contributed by atoms with Crippen LogP contribution in [0.2, 0.25) is 0 Å². The predicted octanol–water partition coefficient (Wildman–Crippen LogP) is 1.79. The number of amides is 4. The van der Waals surface area contributed by atoms with Crippen LogP contribution >= 0.6 is 0 Å². The van der Waals surface area contributed by atoms with E-state index < -0.39 is 11.6 Å².